The number of nitrogens with zero attached hydrogens (tertiary/aromatic N) is 2. The van der Waals surface area contributed by atoms with Crippen LogP contribution in [0.2, 0.25) is 5.02 Å². The zero-order valence-corrected chi connectivity index (χ0v) is 13.3. The van der Waals surface area contributed by atoms with Gasteiger partial charge in [-0.15, -0.1) is 0 Å². The van der Waals surface area contributed by atoms with Crippen LogP contribution in [0.15, 0.2) is 23.2 Å². The second kappa shape index (κ2) is 6.87. The van der Waals surface area contributed by atoms with Gasteiger partial charge in [-0.3, -0.25) is 9.59 Å². The molecule has 112 valence electrons. The molecule has 0 saturated heterocycles. The number of aromatic nitrogens is 1. The smallest absolute Gasteiger partial charge is 0.307 e. The molecule has 7 heteroatoms. The molecule has 0 radical (unpaired) electrons. The molecule has 0 saturated carbocycles. The third-order valence-corrected chi connectivity index (χ3v) is 4.02. The van der Waals surface area contributed by atoms with Gasteiger partial charge in [0.2, 0.25) is 5.91 Å². The van der Waals surface area contributed by atoms with E-state index in [1.54, 1.807) is 13.0 Å². The maximum Gasteiger partial charge on any atom is 0.307 e. The van der Waals surface area contributed by atoms with Gasteiger partial charge < -0.3 is 9.30 Å². The number of benzene rings is 1. The Bertz CT molecular complexity index is 748. The van der Waals surface area contributed by atoms with Crippen LogP contribution in [0.5, 0.6) is 0 Å². The zero-order chi connectivity index (χ0) is 15.4. The molecular formula is C14H15ClN2O3S. The van der Waals surface area contributed by atoms with Gasteiger partial charge in [-0.1, -0.05) is 22.9 Å². The Morgan fingerprint density at radius 1 is 1.43 bits per heavy atom. The SMILES string of the molecule is CCOC(=O)CCn1c(=NC(C)=O)sc2cc(Cl)ccc21. The van der Waals surface area contributed by atoms with Crippen LogP contribution in [-0.2, 0) is 20.9 Å². The lowest BCUT2D eigenvalue weighted by molar-refractivity contribution is -0.143. The lowest BCUT2D eigenvalue weighted by atomic mass is 10.3. The van der Waals surface area contributed by atoms with Gasteiger partial charge in [0, 0.05) is 18.5 Å². The largest absolute Gasteiger partial charge is 0.466 e. The van der Waals surface area contributed by atoms with E-state index in [2.05, 4.69) is 4.99 Å². The van der Waals surface area contributed by atoms with Crippen molar-refractivity contribution in [2.75, 3.05) is 6.61 Å². The van der Waals surface area contributed by atoms with Crippen molar-refractivity contribution in [2.24, 2.45) is 4.99 Å². The molecule has 1 aromatic carbocycles. The number of hydrogen-bond acceptors (Lipinski definition) is 4. The van der Waals surface area contributed by atoms with Crippen LogP contribution in [0.25, 0.3) is 10.2 Å². The molecule has 2 aromatic rings. The Morgan fingerprint density at radius 3 is 2.86 bits per heavy atom. The Hall–Kier alpha value is -1.66. The third kappa shape index (κ3) is 3.92. The summed E-state index contributed by atoms with van der Waals surface area (Å²) in [5.74, 6) is -0.551. The van der Waals surface area contributed by atoms with Crippen molar-refractivity contribution in [1.82, 2.24) is 4.57 Å². The highest BCUT2D eigenvalue weighted by Gasteiger charge is 2.10. The number of hydrogen-bond donors (Lipinski definition) is 0. The van der Waals surface area contributed by atoms with Crippen molar-refractivity contribution in [3.05, 3.63) is 28.0 Å². The molecule has 0 N–H and O–H groups in total. The predicted molar refractivity (Wildman–Crippen MR) is 82.3 cm³/mol. The molecule has 0 spiro atoms. The summed E-state index contributed by atoms with van der Waals surface area (Å²) in [5, 5.41) is 0.621. The van der Waals surface area contributed by atoms with Gasteiger partial charge in [-0.2, -0.15) is 4.99 Å². The highest BCUT2D eigenvalue weighted by atomic mass is 35.5. The number of ether oxygens (including phenoxy) is 1. The van der Waals surface area contributed by atoms with E-state index in [0.717, 1.165) is 10.2 Å². The monoisotopic (exact) mass is 326 g/mol. The van der Waals surface area contributed by atoms with Gasteiger partial charge in [0.1, 0.15) is 0 Å². The fraction of sp³-hybridized carbons (Fsp3) is 0.357. The summed E-state index contributed by atoms with van der Waals surface area (Å²) < 4.78 is 7.69. The fourth-order valence-corrected chi connectivity index (χ4v) is 3.30. The van der Waals surface area contributed by atoms with Crippen LogP contribution in [0, 0.1) is 0 Å². The fourth-order valence-electron chi connectivity index (χ4n) is 1.92. The van der Waals surface area contributed by atoms with Gasteiger partial charge in [-0.05, 0) is 25.1 Å². The average Bonchev–Trinajstić information content (AvgIpc) is 2.72. The van der Waals surface area contributed by atoms with E-state index in [4.69, 9.17) is 16.3 Å². The van der Waals surface area contributed by atoms with E-state index < -0.39 is 0 Å². The van der Waals surface area contributed by atoms with Crippen molar-refractivity contribution in [3.63, 3.8) is 0 Å². The van der Waals surface area contributed by atoms with Gasteiger partial charge in [0.15, 0.2) is 4.80 Å². The predicted octanol–water partition coefficient (Wildman–Crippen LogP) is 2.76. The number of amides is 1. The number of fused-ring (bicyclic) bond motifs is 1. The second-order valence-electron chi connectivity index (χ2n) is 4.33. The minimum Gasteiger partial charge on any atom is -0.466 e. The molecule has 0 aliphatic rings. The molecule has 0 unspecified atom stereocenters. The minimum atomic E-state index is -0.280. The summed E-state index contributed by atoms with van der Waals surface area (Å²) >= 11 is 7.35. The van der Waals surface area contributed by atoms with E-state index in [9.17, 15) is 9.59 Å². The normalized spacial score (nSPS) is 11.9. The summed E-state index contributed by atoms with van der Waals surface area (Å²) in [4.78, 5) is 27.3. The van der Waals surface area contributed by atoms with E-state index in [1.807, 2.05) is 16.7 Å². The van der Waals surface area contributed by atoms with Crippen LogP contribution in [0.3, 0.4) is 0 Å². The van der Waals surface area contributed by atoms with E-state index in [1.165, 1.54) is 18.3 Å². The number of thiazole rings is 1. The summed E-state index contributed by atoms with van der Waals surface area (Å²) in [5.41, 5.74) is 0.897. The molecule has 0 aliphatic heterocycles. The Morgan fingerprint density at radius 2 is 2.19 bits per heavy atom. The van der Waals surface area contributed by atoms with Crippen LogP contribution in [0.1, 0.15) is 20.3 Å². The first-order valence-electron chi connectivity index (χ1n) is 6.51. The maximum absolute atomic E-state index is 11.5. The number of carbonyl (C=O) groups is 2. The number of aryl methyl sites for hydroxylation is 1. The second-order valence-corrected chi connectivity index (χ2v) is 5.78. The highest BCUT2D eigenvalue weighted by molar-refractivity contribution is 7.16. The standard InChI is InChI=1S/C14H15ClN2O3S/c1-3-20-13(19)6-7-17-11-5-4-10(15)8-12(11)21-14(17)16-9(2)18/h4-5,8H,3,6-7H2,1-2H3. The molecule has 1 amide bonds. The molecular weight excluding hydrogens is 312 g/mol. The van der Waals surface area contributed by atoms with Crippen molar-refractivity contribution < 1.29 is 14.3 Å². The first-order chi connectivity index (χ1) is 10.0. The van der Waals surface area contributed by atoms with Crippen molar-refractivity contribution >= 4 is 45.0 Å². The number of carbonyl (C=O) groups excluding carboxylic acids is 2. The molecule has 0 fully saturated rings. The van der Waals surface area contributed by atoms with Crippen molar-refractivity contribution in [2.45, 2.75) is 26.8 Å². The Labute approximate surface area is 130 Å². The molecule has 21 heavy (non-hydrogen) atoms. The minimum absolute atomic E-state index is 0.230. The van der Waals surface area contributed by atoms with Gasteiger partial charge >= 0.3 is 5.97 Å². The first kappa shape index (κ1) is 15.7. The van der Waals surface area contributed by atoms with Crippen molar-refractivity contribution in [1.29, 1.82) is 0 Å². The molecule has 0 atom stereocenters. The quantitative estimate of drug-likeness (QED) is 0.812. The van der Waals surface area contributed by atoms with Crippen LogP contribution in [-0.4, -0.2) is 23.1 Å². The average molecular weight is 327 g/mol. The first-order valence-corrected chi connectivity index (χ1v) is 7.70. The summed E-state index contributed by atoms with van der Waals surface area (Å²) in [6.45, 7) is 3.93. The summed E-state index contributed by atoms with van der Waals surface area (Å²) in [6, 6.07) is 5.45. The molecule has 1 aromatic heterocycles. The van der Waals surface area contributed by atoms with E-state index >= 15 is 0 Å². The molecule has 5 nitrogen and oxygen atoms in total. The molecule has 0 aliphatic carbocycles. The highest BCUT2D eigenvalue weighted by Crippen LogP contribution is 2.22. The lowest BCUT2D eigenvalue weighted by Gasteiger charge is -2.05. The van der Waals surface area contributed by atoms with Gasteiger partial charge in [-0.25, -0.2) is 0 Å². The number of halogens is 1. The molecule has 1 heterocycles. The number of esters is 1. The maximum atomic E-state index is 11.5. The van der Waals surface area contributed by atoms with Gasteiger partial charge in [0.25, 0.3) is 0 Å². The molecule has 2 rings (SSSR count). The van der Waals surface area contributed by atoms with Crippen LogP contribution < -0.4 is 4.80 Å². The van der Waals surface area contributed by atoms with E-state index in [0.29, 0.717) is 23.0 Å². The Kier molecular flexibility index (Phi) is 5.14. The van der Waals surface area contributed by atoms with Crippen molar-refractivity contribution in [3.8, 4) is 0 Å². The third-order valence-electron chi connectivity index (χ3n) is 2.74. The Balaban J connectivity index is 2.43. The summed E-state index contributed by atoms with van der Waals surface area (Å²) in [6.07, 6.45) is 0.230. The van der Waals surface area contributed by atoms with Crippen LogP contribution >= 0.6 is 22.9 Å². The van der Waals surface area contributed by atoms with E-state index in [-0.39, 0.29) is 18.3 Å². The lowest BCUT2D eigenvalue weighted by Crippen LogP contribution is -2.19. The number of rotatable bonds is 4. The van der Waals surface area contributed by atoms with Gasteiger partial charge in [0.05, 0.1) is 23.2 Å². The topological polar surface area (TPSA) is 60.7 Å². The van der Waals surface area contributed by atoms with Crippen LogP contribution in [0.4, 0.5) is 0 Å². The molecule has 0 bridgehead atoms. The summed E-state index contributed by atoms with van der Waals surface area (Å²) in [7, 11) is 0. The zero-order valence-electron chi connectivity index (χ0n) is 11.8.